The predicted molar refractivity (Wildman–Crippen MR) is 155 cm³/mol. The van der Waals surface area contributed by atoms with Gasteiger partial charge >= 0.3 is 0 Å². The van der Waals surface area contributed by atoms with Crippen LogP contribution in [0.25, 0.3) is 10.9 Å². The molecule has 6 rings (SSSR count). The molecule has 1 aliphatic carbocycles. The number of piperidine rings is 1. The summed E-state index contributed by atoms with van der Waals surface area (Å²) < 4.78 is 19.5. The van der Waals surface area contributed by atoms with E-state index in [2.05, 4.69) is 20.4 Å². The number of benzene rings is 3. The second kappa shape index (κ2) is 12.2. The number of halogens is 1. The van der Waals surface area contributed by atoms with Gasteiger partial charge in [-0.1, -0.05) is 37.1 Å². The molecule has 0 spiro atoms. The van der Waals surface area contributed by atoms with E-state index in [1.165, 1.54) is 31.4 Å². The average molecular weight is 541 g/mol. The molecule has 2 fully saturated rings. The van der Waals surface area contributed by atoms with Crippen LogP contribution in [-0.4, -0.2) is 47.2 Å². The van der Waals surface area contributed by atoms with E-state index in [0.29, 0.717) is 35.6 Å². The normalized spacial score (nSPS) is 20.4. The molecular formula is C33H37FN4O2. The molecule has 1 saturated carbocycles. The predicted octanol–water partition coefficient (Wildman–Crippen LogP) is 6.91. The first-order valence-electron chi connectivity index (χ1n) is 14.6. The van der Waals surface area contributed by atoms with Crippen molar-refractivity contribution in [3.63, 3.8) is 0 Å². The number of aromatic nitrogens is 2. The fraction of sp³-hybridized carbons (Fsp3) is 0.394. The molecule has 6 nitrogen and oxygen atoms in total. The Kier molecular flexibility index (Phi) is 8.09. The Bertz CT molecular complexity index is 1430. The lowest BCUT2D eigenvalue weighted by Crippen LogP contribution is -2.42. The summed E-state index contributed by atoms with van der Waals surface area (Å²) in [5.74, 6) is 2.61. The zero-order chi connectivity index (χ0) is 27.3. The number of para-hydroxylation sites is 1. The van der Waals surface area contributed by atoms with Gasteiger partial charge in [0.15, 0.2) is 0 Å². The number of fused-ring (bicyclic) bond motifs is 1. The molecular weight excluding hydrogens is 503 g/mol. The van der Waals surface area contributed by atoms with Crippen LogP contribution in [-0.2, 0) is 0 Å². The zero-order valence-electron chi connectivity index (χ0n) is 22.8. The van der Waals surface area contributed by atoms with E-state index in [4.69, 9.17) is 4.74 Å². The maximum absolute atomic E-state index is 13.6. The van der Waals surface area contributed by atoms with Gasteiger partial charge in [-0.15, -0.1) is 0 Å². The van der Waals surface area contributed by atoms with E-state index in [9.17, 15) is 9.18 Å². The second-order valence-electron chi connectivity index (χ2n) is 11.3. The van der Waals surface area contributed by atoms with Gasteiger partial charge in [0.05, 0.1) is 11.2 Å². The lowest BCUT2D eigenvalue weighted by atomic mass is 9.78. The Morgan fingerprint density at radius 3 is 2.52 bits per heavy atom. The fourth-order valence-electron chi connectivity index (χ4n) is 6.49. The molecule has 0 bridgehead atoms. The smallest absolute Gasteiger partial charge is 0.251 e. The summed E-state index contributed by atoms with van der Waals surface area (Å²) in [6.07, 6.45) is 7.00. The molecule has 2 atom stereocenters. The number of carbonyl (C=O) groups is 1. The van der Waals surface area contributed by atoms with Crippen LogP contribution >= 0.6 is 0 Å². The van der Waals surface area contributed by atoms with Crippen molar-refractivity contribution >= 4 is 16.8 Å². The third-order valence-corrected chi connectivity index (χ3v) is 8.69. The Hall–Kier alpha value is -3.71. The molecule has 2 aliphatic rings. The summed E-state index contributed by atoms with van der Waals surface area (Å²) >= 11 is 0. The summed E-state index contributed by atoms with van der Waals surface area (Å²) in [6.45, 7) is 3.88. The van der Waals surface area contributed by atoms with Crippen molar-refractivity contribution in [3.05, 3.63) is 89.9 Å². The molecule has 1 aromatic heterocycles. The van der Waals surface area contributed by atoms with E-state index >= 15 is 0 Å². The minimum absolute atomic E-state index is 0.0465. The van der Waals surface area contributed by atoms with Gasteiger partial charge in [0.1, 0.15) is 17.3 Å². The third kappa shape index (κ3) is 6.20. The first-order valence-corrected chi connectivity index (χ1v) is 14.6. The largest absolute Gasteiger partial charge is 0.457 e. The van der Waals surface area contributed by atoms with Crippen molar-refractivity contribution in [1.29, 1.82) is 0 Å². The standard InChI is InChI=1S/C33H37FN4O2/c34-27-13-14-30-31(20-27)36-37-32(30)23-15-17-38(18-16-23)22-26-8-5-4-7-25(26)21-35-33(39)24-9-6-12-29(19-24)40-28-10-2-1-3-11-28/h1-3,6,9-14,19-20,23,25-26H,4-5,7-8,15-18,21-22H2,(H,35,39)(H,36,37)/t25-,26-/m0/s1. The van der Waals surface area contributed by atoms with Gasteiger partial charge < -0.3 is 15.0 Å². The van der Waals surface area contributed by atoms with Crippen LogP contribution in [0.15, 0.2) is 72.8 Å². The van der Waals surface area contributed by atoms with Crippen molar-refractivity contribution < 1.29 is 13.9 Å². The van der Waals surface area contributed by atoms with Crippen LogP contribution in [0.5, 0.6) is 11.5 Å². The number of amides is 1. The molecule has 0 radical (unpaired) electrons. The zero-order valence-corrected chi connectivity index (χ0v) is 22.8. The van der Waals surface area contributed by atoms with Crippen LogP contribution < -0.4 is 10.1 Å². The molecule has 0 unspecified atom stereocenters. The first-order chi connectivity index (χ1) is 19.6. The summed E-state index contributed by atoms with van der Waals surface area (Å²) in [6, 6.07) is 21.9. The number of likely N-dealkylation sites (tertiary alicyclic amines) is 1. The Morgan fingerprint density at radius 1 is 0.925 bits per heavy atom. The van der Waals surface area contributed by atoms with Gasteiger partial charge in [0.25, 0.3) is 5.91 Å². The maximum Gasteiger partial charge on any atom is 0.251 e. The van der Waals surface area contributed by atoms with Crippen molar-refractivity contribution in [2.45, 2.75) is 44.4 Å². The van der Waals surface area contributed by atoms with E-state index in [1.54, 1.807) is 0 Å². The number of rotatable bonds is 8. The minimum Gasteiger partial charge on any atom is -0.457 e. The van der Waals surface area contributed by atoms with E-state index in [-0.39, 0.29) is 11.7 Å². The molecule has 1 aliphatic heterocycles. The van der Waals surface area contributed by atoms with Gasteiger partial charge in [-0.25, -0.2) is 4.39 Å². The van der Waals surface area contributed by atoms with Crippen molar-refractivity contribution in [1.82, 2.24) is 20.4 Å². The number of ether oxygens (including phenoxy) is 1. The number of carbonyl (C=O) groups excluding carboxylic acids is 1. The Labute approximate surface area is 234 Å². The van der Waals surface area contributed by atoms with Crippen LogP contribution in [0.4, 0.5) is 4.39 Å². The van der Waals surface area contributed by atoms with Crippen LogP contribution in [0.2, 0.25) is 0 Å². The van der Waals surface area contributed by atoms with E-state index < -0.39 is 0 Å². The molecule has 1 amide bonds. The quantitative estimate of drug-likeness (QED) is 0.255. The highest BCUT2D eigenvalue weighted by molar-refractivity contribution is 5.94. The van der Waals surface area contributed by atoms with Crippen LogP contribution in [0, 0.1) is 17.7 Å². The first kappa shape index (κ1) is 26.5. The average Bonchev–Trinajstić information content (AvgIpc) is 3.40. The molecule has 2 heterocycles. The molecule has 1 saturated heterocycles. The third-order valence-electron chi connectivity index (χ3n) is 8.69. The number of H-pyrrole nitrogens is 1. The summed E-state index contributed by atoms with van der Waals surface area (Å²) in [7, 11) is 0. The topological polar surface area (TPSA) is 70.2 Å². The summed E-state index contributed by atoms with van der Waals surface area (Å²) in [5, 5.41) is 11.8. The highest BCUT2D eigenvalue weighted by Gasteiger charge is 2.30. The number of hydrogen-bond acceptors (Lipinski definition) is 4. The molecule has 7 heteroatoms. The van der Waals surface area contributed by atoms with Crippen molar-refractivity contribution in [3.8, 4) is 11.5 Å². The molecule has 3 aromatic carbocycles. The molecule has 4 aromatic rings. The summed E-state index contributed by atoms with van der Waals surface area (Å²) in [4.78, 5) is 15.6. The highest BCUT2D eigenvalue weighted by atomic mass is 19.1. The van der Waals surface area contributed by atoms with Crippen LogP contribution in [0.3, 0.4) is 0 Å². The Balaban J connectivity index is 1.01. The molecule has 40 heavy (non-hydrogen) atoms. The number of nitrogens with zero attached hydrogens (tertiary/aromatic N) is 2. The SMILES string of the molecule is O=C(NC[C@@H]1CCCC[C@H]1CN1CCC(c2n[nH]c3cc(F)ccc23)CC1)c1cccc(Oc2ccccc2)c1. The summed E-state index contributed by atoms with van der Waals surface area (Å²) in [5.41, 5.74) is 2.47. The number of aromatic amines is 1. The lowest BCUT2D eigenvalue weighted by Gasteiger charge is -2.38. The second-order valence-corrected chi connectivity index (χ2v) is 11.3. The Morgan fingerprint density at radius 2 is 1.70 bits per heavy atom. The fourth-order valence-corrected chi connectivity index (χ4v) is 6.49. The number of hydrogen-bond donors (Lipinski definition) is 2. The van der Waals surface area contributed by atoms with Crippen molar-refractivity contribution in [2.24, 2.45) is 11.8 Å². The van der Waals surface area contributed by atoms with Gasteiger partial charge in [-0.2, -0.15) is 5.10 Å². The van der Waals surface area contributed by atoms with Gasteiger partial charge in [-0.05, 0) is 99.1 Å². The lowest BCUT2D eigenvalue weighted by molar-refractivity contribution is 0.0912. The van der Waals surface area contributed by atoms with Gasteiger partial charge in [-0.3, -0.25) is 9.89 Å². The monoisotopic (exact) mass is 540 g/mol. The highest BCUT2D eigenvalue weighted by Crippen LogP contribution is 2.35. The van der Waals surface area contributed by atoms with E-state index in [0.717, 1.165) is 61.2 Å². The maximum atomic E-state index is 13.6. The van der Waals surface area contributed by atoms with Crippen molar-refractivity contribution in [2.75, 3.05) is 26.2 Å². The van der Waals surface area contributed by atoms with Gasteiger partial charge in [0.2, 0.25) is 0 Å². The molecule has 2 N–H and O–H groups in total. The molecule has 208 valence electrons. The number of nitrogens with one attached hydrogen (secondary N) is 2. The van der Waals surface area contributed by atoms with Crippen LogP contribution in [0.1, 0.15) is 60.5 Å². The minimum atomic E-state index is -0.235. The van der Waals surface area contributed by atoms with E-state index in [1.807, 2.05) is 60.7 Å². The van der Waals surface area contributed by atoms with Gasteiger partial charge in [0, 0.05) is 30.0 Å².